The highest BCUT2D eigenvalue weighted by atomic mass is 16.3. The van der Waals surface area contributed by atoms with Crippen molar-refractivity contribution in [2.45, 2.75) is 44.6 Å². The van der Waals surface area contributed by atoms with Crippen molar-refractivity contribution in [2.75, 3.05) is 17.3 Å². The average Bonchev–Trinajstić information content (AvgIpc) is 2.83. The quantitative estimate of drug-likeness (QED) is 0.461. The third-order valence-corrected chi connectivity index (χ3v) is 3.55. The standard InChI is InChI=1S/C12H21N5O/c1-2-9-10(15-8-16-11(9)17-13)14-7-12(18)5-3-4-6-12/h8,18H,2-7,13H2,1H3,(H2,14,15,16,17). The van der Waals surface area contributed by atoms with Crippen LogP contribution in [0, 0.1) is 0 Å². The number of nitrogens with zero attached hydrogens (tertiary/aromatic N) is 2. The van der Waals surface area contributed by atoms with E-state index in [2.05, 4.69) is 20.7 Å². The van der Waals surface area contributed by atoms with Gasteiger partial charge in [0, 0.05) is 12.1 Å². The first-order valence-corrected chi connectivity index (χ1v) is 6.45. The zero-order chi connectivity index (χ0) is 13.0. The lowest BCUT2D eigenvalue weighted by Crippen LogP contribution is -2.34. The van der Waals surface area contributed by atoms with Crippen molar-refractivity contribution in [1.82, 2.24) is 9.97 Å². The number of nitrogen functional groups attached to an aromatic ring is 1. The summed E-state index contributed by atoms with van der Waals surface area (Å²) >= 11 is 0. The molecule has 1 fully saturated rings. The van der Waals surface area contributed by atoms with E-state index >= 15 is 0 Å². The molecule has 1 saturated carbocycles. The molecule has 6 heteroatoms. The van der Waals surface area contributed by atoms with Crippen molar-refractivity contribution < 1.29 is 5.11 Å². The number of aromatic nitrogens is 2. The fourth-order valence-electron chi connectivity index (χ4n) is 2.48. The Morgan fingerprint density at radius 2 is 2.00 bits per heavy atom. The van der Waals surface area contributed by atoms with Crippen molar-refractivity contribution in [2.24, 2.45) is 5.84 Å². The number of anilines is 2. The molecule has 0 aliphatic heterocycles. The highest BCUT2D eigenvalue weighted by Crippen LogP contribution is 2.30. The van der Waals surface area contributed by atoms with Crippen molar-refractivity contribution in [3.05, 3.63) is 11.9 Å². The van der Waals surface area contributed by atoms with Gasteiger partial charge in [0.05, 0.1) is 5.60 Å². The van der Waals surface area contributed by atoms with Crippen LogP contribution in [0.15, 0.2) is 6.33 Å². The zero-order valence-electron chi connectivity index (χ0n) is 10.7. The molecule has 0 unspecified atom stereocenters. The first kappa shape index (κ1) is 13.0. The van der Waals surface area contributed by atoms with Crippen LogP contribution >= 0.6 is 0 Å². The number of nitrogens with two attached hydrogens (primary N) is 1. The lowest BCUT2D eigenvalue weighted by molar-refractivity contribution is 0.0614. The lowest BCUT2D eigenvalue weighted by atomic mass is 10.0. The van der Waals surface area contributed by atoms with E-state index in [1.54, 1.807) is 0 Å². The normalized spacial score (nSPS) is 17.7. The van der Waals surface area contributed by atoms with E-state index in [0.29, 0.717) is 12.4 Å². The van der Waals surface area contributed by atoms with E-state index in [4.69, 9.17) is 5.84 Å². The maximum absolute atomic E-state index is 10.3. The van der Waals surface area contributed by atoms with Crippen LogP contribution in [0.4, 0.5) is 11.6 Å². The molecule has 0 spiro atoms. The number of nitrogens with one attached hydrogen (secondary N) is 2. The van der Waals surface area contributed by atoms with Gasteiger partial charge in [0.1, 0.15) is 18.0 Å². The second-order valence-corrected chi connectivity index (χ2v) is 4.83. The zero-order valence-corrected chi connectivity index (χ0v) is 10.7. The molecule has 2 rings (SSSR count). The Morgan fingerprint density at radius 1 is 1.33 bits per heavy atom. The molecule has 0 aromatic carbocycles. The van der Waals surface area contributed by atoms with Crippen molar-refractivity contribution in [1.29, 1.82) is 0 Å². The van der Waals surface area contributed by atoms with Crippen LogP contribution in [-0.2, 0) is 6.42 Å². The maximum atomic E-state index is 10.3. The van der Waals surface area contributed by atoms with Gasteiger partial charge in [0.2, 0.25) is 0 Å². The highest BCUT2D eigenvalue weighted by Gasteiger charge is 2.31. The maximum Gasteiger partial charge on any atom is 0.148 e. The molecular weight excluding hydrogens is 230 g/mol. The Kier molecular flexibility index (Phi) is 3.98. The predicted octanol–water partition coefficient (Wildman–Crippen LogP) is 1.04. The Balaban J connectivity index is 2.09. The molecule has 0 radical (unpaired) electrons. The van der Waals surface area contributed by atoms with Crippen molar-refractivity contribution in [3.63, 3.8) is 0 Å². The van der Waals surface area contributed by atoms with Gasteiger partial charge in [-0.2, -0.15) is 0 Å². The SMILES string of the molecule is CCc1c(NN)ncnc1NCC1(O)CCCC1. The molecule has 0 saturated heterocycles. The summed E-state index contributed by atoms with van der Waals surface area (Å²) in [6.45, 7) is 2.55. The molecule has 0 amide bonds. The van der Waals surface area contributed by atoms with Gasteiger partial charge in [-0.3, -0.25) is 0 Å². The van der Waals surface area contributed by atoms with Gasteiger partial charge in [-0.1, -0.05) is 19.8 Å². The summed E-state index contributed by atoms with van der Waals surface area (Å²) in [6.07, 6.45) is 6.15. The van der Waals surface area contributed by atoms with E-state index in [-0.39, 0.29) is 0 Å². The van der Waals surface area contributed by atoms with Gasteiger partial charge >= 0.3 is 0 Å². The van der Waals surface area contributed by atoms with Crippen LogP contribution < -0.4 is 16.6 Å². The average molecular weight is 251 g/mol. The van der Waals surface area contributed by atoms with Gasteiger partial charge in [0.25, 0.3) is 0 Å². The molecule has 6 nitrogen and oxygen atoms in total. The summed E-state index contributed by atoms with van der Waals surface area (Å²) < 4.78 is 0. The number of hydrogen-bond donors (Lipinski definition) is 4. The number of rotatable bonds is 5. The summed E-state index contributed by atoms with van der Waals surface area (Å²) in [7, 11) is 0. The molecule has 18 heavy (non-hydrogen) atoms. The fourth-order valence-corrected chi connectivity index (χ4v) is 2.48. The van der Waals surface area contributed by atoms with Crippen molar-refractivity contribution >= 4 is 11.6 Å². The van der Waals surface area contributed by atoms with Gasteiger partial charge in [0.15, 0.2) is 0 Å². The minimum absolute atomic E-state index is 0.529. The molecule has 5 N–H and O–H groups in total. The third kappa shape index (κ3) is 2.70. The van der Waals surface area contributed by atoms with Crippen LogP contribution in [0.2, 0.25) is 0 Å². The highest BCUT2D eigenvalue weighted by molar-refractivity contribution is 5.56. The fraction of sp³-hybridized carbons (Fsp3) is 0.667. The second-order valence-electron chi connectivity index (χ2n) is 4.83. The van der Waals surface area contributed by atoms with Gasteiger partial charge < -0.3 is 15.8 Å². The summed E-state index contributed by atoms with van der Waals surface area (Å²) in [6, 6.07) is 0. The number of aliphatic hydroxyl groups is 1. The van der Waals surface area contributed by atoms with E-state index in [0.717, 1.165) is 43.5 Å². The Labute approximate surface area is 107 Å². The van der Waals surface area contributed by atoms with Crippen LogP contribution in [0.5, 0.6) is 0 Å². The number of hydrazine groups is 1. The molecule has 0 atom stereocenters. The van der Waals surface area contributed by atoms with Crippen LogP contribution in [0.3, 0.4) is 0 Å². The van der Waals surface area contributed by atoms with Crippen LogP contribution in [-0.4, -0.2) is 27.2 Å². The summed E-state index contributed by atoms with van der Waals surface area (Å²) in [4.78, 5) is 8.30. The molecule has 0 bridgehead atoms. The predicted molar refractivity (Wildman–Crippen MR) is 71.1 cm³/mol. The topological polar surface area (TPSA) is 96.1 Å². The van der Waals surface area contributed by atoms with Gasteiger partial charge in [-0.05, 0) is 19.3 Å². The van der Waals surface area contributed by atoms with E-state index in [1.165, 1.54) is 6.33 Å². The van der Waals surface area contributed by atoms with Crippen molar-refractivity contribution in [3.8, 4) is 0 Å². The molecule has 1 aliphatic carbocycles. The molecule has 1 aromatic heterocycles. The van der Waals surface area contributed by atoms with Gasteiger partial charge in [-0.15, -0.1) is 0 Å². The first-order valence-electron chi connectivity index (χ1n) is 6.45. The Bertz CT molecular complexity index is 403. The second kappa shape index (κ2) is 5.49. The Hall–Kier alpha value is -1.40. The summed E-state index contributed by atoms with van der Waals surface area (Å²) in [5.41, 5.74) is 2.93. The molecule has 1 aliphatic rings. The summed E-state index contributed by atoms with van der Waals surface area (Å²) in [5.74, 6) is 6.81. The minimum atomic E-state index is -0.591. The monoisotopic (exact) mass is 251 g/mol. The lowest BCUT2D eigenvalue weighted by Gasteiger charge is -2.23. The first-order chi connectivity index (χ1) is 8.68. The smallest absolute Gasteiger partial charge is 0.148 e. The summed E-state index contributed by atoms with van der Waals surface area (Å²) in [5, 5.41) is 13.5. The molecule has 1 aromatic rings. The third-order valence-electron chi connectivity index (χ3n) is 3.55. The molecule has 1 heterocycles. The van der Waals surface area contributed by atoms with E-state index in [9.17, 15) is 5.11 Å². The van der Waals surface area contributed by atoms with Gasteiger partial charge in [-0.25, -0.2) is 15.8 Å². The molecule has 100 valence electrons. The number of hydrogen-bond acceptors (Lipinski definition) is 6. The van der Waals surface area contributed by atoms with E-state index < -0.39 is 5.60 Å². The van der Waals surface area contributed by atoms with E-state index in [1.807, 2.05) is 6.92 Å². The Morgan fingerprint density at radius 3 is 2.61 bits per heavy atom. The molecular formula is C12H21N5O. The van der Waals surface area contributed by atoms with Crippen LogP contribution in [0.25, 0.3) is 0 Å². The van der Waals surface area contributed by atoms with Crippen LogP contribution in [0.1, 0.15) is 38.2 Å². The minimum Gasteiger partial charge on any atom is -0.388 e. The largest absolute Gasteiger partial charge is 0.388 e.